The van der Waals surface area contributed by atoms with Crippen LogP contribution in [0, 0.1) is 0 Å². The van der Waals surface area contributed by atoms with Crippen LogP contribution in [-0.4, -0.2) is 58.7 Å². The van der Waals surface area contributed by atoms with Gasteiger partial charge in [0.15, 0.2) is 0 Å². The van der Waals surface area contributed by atoms with Gasteiger partial charge in [0.2, 0.25) is 10.0 Å². The van der Waals surface area contributed by atoms with Gasteiger partial charge in [0.05, 0.1) is 17.1 Å². The molecule has 1 aliphatic rings. The fraction of sp³-hybridized carbons (Fsp3) is 0.429. The minimum absolute atomic E-state index is 0.0486. The highest BCUT2D eigenvalue weighted by atomic mass is 32.2. The molecule has 3 rings (SSSR count). The zero-order valence-corrected chi connectivity index (χ0v) is 18.7. The third-order valence-corrected chi connectivity index (χ3v) is 6.73. The number of nitrogens with zero attached hydrogens (tertiary/aromatic N) is 2. The molecule has 1 fully saturated rings. The average molecular weight is 487 g/mol. The van der Waals surface area contributed by atoms with Gasteiger partial charge in [0, 0.05) is 44.5 Å². The molecular formula is C21H25F3N4O4S. The third-order valence-electron chi connectivity index (χ3n) is 5.25. The van der Waals surface area contributed by atoms with E-state index in [-0.39, 0.29) is 30.0 Å². The van der Waals surface area contributed by atoms with Crippen LogP contribution in [0.4, 0.5) is 19.0 Å². The molecule has 0 unspecified atom stereocenters. The largest absolute Gasteiger partial charge is 0.417 e. The quantitative estimate of drug-likeness (QED) is 0.556. The number of piperidine rings is 1. The van der Waals surface area contributed by atoms with Crippen molar-refractivity contribution in [2.45, 2.75) is 30.0 Å². The van der Waals surface area contributed by atoms with Crippen molar-refractivity contribution in [3.8, 4) is 0 Å². The van der Waals surface area contributed by atoms with Crippen molar-refractivity contribution < 1.29 is 31.1 Å². The second-order valence-corrected chi connectivity index (χ2v) is 9.32. The Kier molecular flexibility index (Phi) is 7.92. The van der Waals surface area contributed by atoms with Crippen molar-refractivity contribution in [1.82, 2.24) is 15.0 Å². The standard InChI is InChI=1S/C21H25F3N4O4S/c1-32-13-10-26-33(30,31)18-5-2-15(3-6-18)20(29)27-17-8-11-28(12-9-17)19-7-4-16(14-25-19)21(22,23)24/h2-7,14,17,26H,8-13H2,1H3,(H,27,29). The lowest BCUT2D eigenvalue weighted by Gasteiger charge is -2.33. The van der Waals surface area contributed by atoms with E-state index in [1.807, 2.05) is 4.90 Å². The summed E-state index contributed by atoms with van der Waals surface area (Å²) < 4.78 is 69.7. The molecule has 0 spiro atoms. The lowest BCUT2D eigenvalue weighted by molar-refractivity contribution is -0.137. The molecule has 1 aromatic carbocycles. The van der Waals surface area contributed by atoms with Gasteiger partial charge in [0.25, 0.3) is 5.91 Å². The number of aromatic nitrogens is 1. The second-order valence-electron chi connectivity index (χ2n) is 7.55. The summed E-state index contributed by atoms with van der Waals surface area (Å²) in [5, 5.41) is 2.92. The van der Waals surface area contributed by atoms with Gasteiger partial charge < -0.3 is 15.0 Å². The molecule has 33 heavy (non-hydrogen) atoms. The van der Waals surface area contributed by atoms with Gasteiger partial charge in [-0.3, -0.25) is 4.79 Å². The Balaban J connectivity index is 1.52. The number of hydrogen-bond donors (Lipinski definition) is 2. The number of rotatable bonds is 8. The second kappa shape index (κ2) is 10.5. The SMILES string of the molecule is COCCNS(=O)(=O)c1ccc(C(=O)NC2CCN(c3ccc(C(F)(F)F)cn3)CC2)cc1. The number of benzene rings is 1. The van der Waals surface area contributed by atoms with Crippen molar-refractivity contribution in [1.29, 1.82) is 0 Å². The van der Waals surface area contributed by atoms with Gasteiger partial charge in [0.1, 0.15) is 5.82 Å². The molecule has 1 saturated heterocycles. The predicted molar refractivity (Wildman–Crippen MR) is 115 cm³/mol. The maximum atomic E-state index is 12.7. The molecule has 0 aliphatic carbocycles. The summed E-state index contributed by atoms with van der Waals surface area (Å²) in [6, 6.07) is 7.87. The number of sulfonamides is 1. The van der Waals surface area contributed by atoms with Gasteiger partial charge in [-0.25, -0.2) is 18.1 Å². The fourth-order valence-electron chi connectivity index (χ4n) is 3.41. The zero-order chi connectivity index (χ0) is 24.1. The van der Waals surface area contributed by atoms with Crippen molar-refractivity contribution in [2.75, 3.05) is 38.3 Å². The summed E-state index contributed by atoms with van der Waals surface area (Å²) in [6.45, 7) is 1.45. The van der Waals surface area contributed by atoms with Gasteiger partial charge >= 0.3 is 6.18 Å². The highest BCUT2D eigenvalue weighted by molar-refractivity contribution is 7.89. The van der Waals surface area contributed by atoms with E-state index in [2.05, 4.69) is 15.0 Å². The van der Waals surface area contributed by atoms with Gasteiger partial charge in [-0.05, 0) is 49.2 Å². The Hall–Kier alpha value is -2.70. The smallest absolute Gasteiger partial charge is 0.383 e. The molecular weight excluding hydrogens is 461 g/mol. The molecule has 0 atom stereocenters. The Bertz CT molecular complexity index is 1040. The number of carbonyl (C=O) groups excluding carboxylic acids is 1. The molecule has 0 radical (unpaired) electrons. The number of nitrogens with one attached hydrogen (secondary N) is 2. The highest BCUT2D eigenvalue weighted by Crippen LogP contribution is 2.29. The number of carbonyl (C=O) groups is 1. The monoisotopic (exact) mass is 486 g/mol. The van der Waals surface area contributed by atoms with Crippen molar-refractivity contribution in [2.24, 2.45) is 0 Å². The highest BCUT2D eigenvalue weighted by Gasteiger charge is 2.31. The topological polar surface area (TPSA) is 101 Å². The molecule has 2 N–H and O–H groups in total. The molecule has 2 heterocycles. The van der Waals surface area contributed by atoms with E-state index in [0.717, 1.165) is 12.3 Å². The molecule has 2 aromatic rings. The number of ether oxygens (including phenoxy) is 1. The van der Waals surface area contributed by atoms with Crippen LogP contribution in [0.15, 0.2) is 47.5 Å². The van der Waals surface area contributed by atoms with E-state index in [9.17, 15) is 26.4 Å². The number of halogens is 3. The van der Waals surface area contributed by atoms with Gasteiger partial charge in [-0.15, -0.1) is 0 Å². The summed E-state index contributed by atoms with van der Waals surface area (Å²) in [5.74, 6) is 0.140. The minimum atomic E-state index is -4.42. The van der Waals surface area contributed by atoms with E-state index in [0.29, 0.717) is 37.3 Å². The molecule has 1 aliphatic heterocycles. The summed E-state index contributed by atoms with van der Waals surface area (Å²) in [5.41, 5.74) is -0.462. The molecule has 1 aromatic heterocycles. The van der Waals surface area contributed by atoms with Gasteiger partial charge in [-0.2, -0.15) is 13.2 Å². The lowest BCUT2D eigenvalue weighted by Crippen LogP contribution is -2.45. The predicted octanol–water partition coefficient (Wildman–Crippen LogP) is 2.42. The minimum Gasteiger partial charge on any atom is -0.383 e. The van der Waals surface area contributed by atoms with Crippen LogP contribution in [0.3, 0.4) is 0 Å². The first-order valence-corrected chi connectivity index (χ1v) is 11.8. The third kappa shape index (κ3) is 6.65. The van der Waals surface area contributed by atoms with Gasteiger partial charge in [-0.1, -0.05) is 0 Å². The molecule has 0 saturated carbocycles. The van der Waals surface area contributed by atoms with Crippen molar-refractivity contribution in [3.63, 3.8) is 0 Å². The molecule has 12 heteroatoms. The van der Waals surface area contributed by atoms with E-state index in [4.69, 9.17) is 4.74 Å². The lowest BCUT2D eigenvalue weighted by atomic mass is 10.0. The first kappa shape index (κ1) is 24.9. The Morgan fingerprint density at radius 2 is 1.82 bits per heavy atom. The van der Waals surface area contributed by atoms with Crippen molar-refractivity contribution in [3.05, 3.63) is 53.7 Å². The zero-order valence-electron chi connectivity index (χ0n) is 17.9. The van der Waals surface area contributed by atoms with Crippen LogP contribution in [-0.2, 0) is 20.9 Å². The molecule has 180 valence electrons. The average Bonchev–Trinajstić information content (AvgIpc) is 2.79. The summed E-state index contributed by atoms with van der Waals surface area (Å²) in [4.78, 5) is 18.4. The molecule has 8 nitrogen and oxygen atoms in total. The normalized spacial score (nSPS) is 15.5. The van der Waals surface area contributed by atoms with Crippen LogP contribution in [0.25, 0.3) is 0 Å². The van der Waals surface area contributed by atoms with Crippen LogP contribution in [0.1, 0.15) is 28.8 Å². The molecule has 0 bridgehead atoms. The Morgan fingerprint density at radius 3 is 2.36 bits per heavy atom. The van der Waals surface area contributed by atoms with E-state index >= 15 is 0 Å². The number of amides is 1. The van der Waals surface area contributed by atoms with E-state index in [1.54, 1.807) is 0 Å². The number of hydrogen-bond acceptors (Lipinski definition) is 6. The van der Waals surface area contributed by atoms with Crippen molar-refractivity contribution >= 4 is 21.7 Å². The van der Waals surface area contributed by atoms with E-state index in [1.165, 1.54) is 37.4 Å². The first-order valence-electron chi connectivity index (χ1n) is 10.3. The maximum Gasteiger partial charge on any atom is 0.417 e. The number of methoxy groups -OCH3 is 1. The molecule has 1 amide bonds. The first-order chi connectivity index (χ1) is 15.6. The Labute approximate surface area is 190 Å². The number of alkyl halides is 3. The fourth-order valence-corrected chi connectivity index (χ4v) is 4.42. The van der Waals surface area contributed by atoms with Crippen LogP contribution in [0.2, 0.25) is 0 Å². The van der Waals surface area contributed by atoms with Crippen LogP contribution in [0.5, 0.6) is 0 Å². The Morgan fingerprint density at radius 1 is 1.15 bits per heavy atom. The number of pyridine rings is 1. The summed E-state index contributed by atoms with van der Waals surface area (Å²) in [7, 11) is -2.21. The summed E-state index contributed by atoms with van der Waals surface area (Å²) in [6.07, 6.45) is -2.40. The summed E-state index contributed by atoms with van der Waals surface area (Å²) >= 11 is 0. The number of anilines is 1. The van der Waals surface area contributed by atoms with Crippen LogP contribution >= 0.6 is 0 Å². The maximum absolute atomic E-state index is 12.7. The van der Waals surface area contributed by atoms with E-state index < -0.39 is 21.8 Å². The van der Waals surface area contributed by atoms with Crippen LogP contribution < -0.4 is 14.9 Å².